The molecule has 0 atom stereocenters. The lowest BCUT2D eigenvalue weighted by Gasteiger charge is -2.26. The summed E-state index contributed by atoms with van der Waals surface area (Å²) in [5.41, 5.74) is 2.06. The van der Waals surface area contributed by atoms with Crippen molar-refractivity contribution in [3.05, 3.63) is 143 Å². The van der Waals surface area contributed by atoms with Gasteiger partial charge < -0.3 is 19.8 Å². The summed E-state index contributed by atoms with van der Waals surface area (Å²) in [7, 11) is 0. The molecule has 2 aliphatic carbocycles. The molecule has 9 rings (SSSR count). The number of benzene rings is 4. The minimum atomic E-state index is -4.21. The zero-order valence-corrected chi connectivity index (χ0v) is 33.9. The van der Waals surface area contributed by atoms with E-state index in [1.54, 1.807) is 36.0 Å². The van der Waals surface area contributed by atoms with Crippen molar-refractivity contribution in [3.8, 4) is 11.5 Å². The van der Waals surface area contributed by atoms with Crippen LogP contribution in [0.15, 0.2) is 121 Å². The smallest absolute Gasteiger partial charge is 0.416 e. The fourth-order valence-electron chi connectivity index (χ4n) is 5.80. The molecule has 1 amide bonds. The Labute approximate surface area is 347 Å². The fraction of sp³-hybridized carbons (Fsp3) is 0.289. The molecule has 0 bridgehead atoms. The van der Waals surface area contributed by atoms with Crippen LogP contribution in [-0.2, 0) is 12.4 Å². The van der Waals surface area contributed by atoms with Crippen molar-refractivity contribution in [2.24, 2.45) is 0 Å². The molecule has 2 fully saturated rings. The number of hydrogen-bond donors (Lipinski definition) is 2. The number of H-pyrrole nitrogens is 1. The van der Waals surface area contributed by atoms with Gasteiger partial charge in [-0.25, -0.2) is 4.98 Å². The third-order valence-electron chi connectivity index (χ3n) is 9.37. The largest absolute Gasteiger partial charge is 0.490 e. The minimum Gasteiger partial charge on any atom is -0.490 e. The number of hydrogen-bond acceptors (Lipinski definition) is 5. The van der Waals surface area contributed by atoms with Crippen LogP contribution in [0.2, 0.25) is 0 Å². The first-order valence-electron chi connectivity index (χ1n) is 19.4. The predicted molar refractivity (Wildman–Crippen MR) is 222 cm³/mol. The van der Waals surface area contributed by atoms with E-state index in [1.165, 1.54) is 54.6 Å². The quantitative estimate of drug-likeness (QED) is 0.163. The van der Waals surface area contributed by atoms with Crippen LogP contribution in [0.25, 0.3) is 21.8 Å². The zero-order chi connectivity index (χ0) is 43.3. The highest BCUT2D eigenvalue weighted by Gasteiger charge is 2.30. The van der Waals surface area contributed by atoms with E-state index in [9.17, 15) is 35.6 Å². The third-order valence-corrected chi connectivity index (χ3v) is 10.1. The minimum absolute atomic E-state index is 0.193. The number of rotatable bonds is 6. The molecule has 3 aromatic heterocycles. The molecule has 0 unspecified atom stereocenters. The number of aromatic amines is 1. The van der Waals surface area contributed by atoms with Gasteiger partial charge in [0, 0.05) is 40.3 Å². The Hall–Kier alpha value is -5.83. The van der Waals surface area contributed by atoms with Crippen LogP contribution in [0.4, 0.5) is 36.5 Å². The summed E-state index contributed by atoms with van der Waals surface area (Å²) in [5, 5.41) is 7.02. The summed E-state index contributed by atoms with van der Waals surface area (Å²) in [6, 6.07) is 24.2. The summed E-state index contributed by atoms with van der Waals surface area (Å²) in [5.74, 6) is 1.51. The molecular weight excluding hydrogens is 810 g/mol. The number of ether oxygens (including phenoxy) is 2. The van der Waals surface area contributed by atoms with Gasteiger partial charge in [-0.1, -0.05) is 79.0 Å². The number of thiazole rings is 1. The Kier molecular flexibility index (Phi) is 15.8. The lowest BCUT2D eigenvalue weighted by molar-refractivity contribution is -0.138. The molecule has 2 saturated carbocycles. The maximum atomic E-state index is 13.4. The van der Waals surface area contributed by atoms with Gasteiger partial charge in [0.15, 0.2) is 5.01 Å². The monoisotopic (exact) mass is 854 g/mol. The average Bonchev–Trinajstić information content (AvgIpc) is 3.96. The number of halogens is 7. The zero-order valence-electron chi connectivity index (χ0n) is 33.1. The normalized spacial score (nSPS) is 13.7. The van der Waals surface area contributed by atoms with Crippen molar-refractivity contribution < 1.29 is 45.1 Å². The summed E-state index contributed by atoms with van der Waals surface area (Å²) < 4.78 is 95.8. The Bertz CT molecular complexity index is 2320. The van der Waals surface area contributed by atoms with E-state index < -0.39 is 23.5 Å². The fourth-order valence-corrected chi connectivity index (χ4v) is 6.33. The number of anilines is 1. The second kappa shape index (κ2) is 20.9. The topological polar surface area (TPSA) is 81.2 Å². The number of nitrogens with one attached hydrogen (secondary N) is 2. The summed E-state index contributed by atoms with van der Waals surface area (Å²) in [6.45, 7) is 5.91. The van der Waals surface area contributed by atoms with Crippen LogP contribution in [0.5, 0.6) is 11.5 Å². The van der Waals surface area contributed by atoms with E-state index in [1.807, 2.05) is 51.1 Å². The molecule has 60 heavy (non-hydrogen) atoms. The number of carbonyl (C=O) groups excluding carboxylic acids is 1. The number of aryl methyl sites for hydroxylation is 1. The van der Waals surface area contributed by atoms with Crippen LogP contribution in [0, 0.1) is 6.92 Å². The van der Waals surface area contributed by atoms with Crippen LogP contribution >= 0.6 is 11.3 Å². The summed E-state index contributed by atoms with van der Waals surface area (Å²) >= 11 is 1.32. The Morgan fingerprint density at radius 2 is 1.28 bits per heavy atom. The van der Waals surface area contributed by atoms with Crippen LogP contribution in [-0.4, -0.2) is 32.9 Å². The standard InChI is InChI=1S/C16H15N3O2S.C13H14FNO.2C7H5F3.C2H6/c20-15(16-17-6-7-22-16)19-14-9-18-13-5-4-11(8-12(13)14)21-10-2-1-3-10;1-9-8-15(14)13-6-5-11(7-12(9)13)16-10-3-2-4-10;2*8-7(9,10)6-4-2-1-3-5-6;1-2/h4-10,18H,1-3H2,(H,19,20);5-8,10H,2-4H2,1H3;2*1-5H;1-2H3. The van der Waals surface area contributed by atoms with Crippen molar-refractivity contribution in [3.63, 3.8) is 0 Å². The molecular formula is C45H45F7N4O3S. The van der Waals surface area contributed by atoms with Crippen molar-refractivity contribution >= 4 is 44.7 Å². The van der Waals surface area contributed by atoms with Gasteiger partial charge in [-0.2, -0.15) is 31.1 Å². The van der Waals surface area contributed by atoms with Gasteiger partial charge >= 0.3 is 12.4 Å². The molecule has 15 heteroatoms. The van der Waals surface area contributed by atoms with Gasteiger partial charge in [0.05, 0.1) is 34.5 Å². The third kappa shape index (κ3) is 12.6. The van der Waals surface area contributed by atoms with Gasteiger partial charge in [0.2, 0.25) is 0 Å². The van der Waals surface area contributed by atoms with Crippen molar-refractivity contribution in [2.75, 3.05) is 5.32 Å². The average molecular weight is 855 g/mol. The number of aromatic nitrogens is 3. The highest BCUT2D eigenvalue weighted by atomic mass is 32.1. The van der Waals surface area contributed by atoms with Gasteiger partial charge in [0.1, 0.15) is 11.5 Å². The van der Waals surface area contributed by atoms with Crippen LogP contribution in [0.1, 0.15) is 78.9 Å². The van der Waals surface area contributed by atoms with Crippen molar-refractivity contribution in [1.29, 1.82) is 0 Å². The second-order valence-corrected chi connectivity index (χ2v) is 14.5. The molecule has 3 heterocycles. The second-order valence-electron chi connectivity index (χ2n) is 13.6. The maximum absolute atomic E-state index is 13.4. The van der Waals surface area contributed by atoms with Gasteiger partial charge in [-0.05, 0) is 87.4 Å². The first-order chi connectivity index (χ1) is 28.7. The molecule has 0 saturated heterocycles. The van der Waals surface area contributed by atoms with E-state index in [-0.39, 0.29) is 5.91 Å². The molecule has 4 aromatic carbocycles. The molecule has 7 nitrogen and oxygen atoms in total. The molecule has 318 valence electrons. The maximum Gasteiger partial charge on any atom is 0.416 e. The highest BCUT2D eigenvalue weighted by molar-refractivity contribution is 7.11. The van der Waals surface area contributed by atoms with Crippen LogP contribution in [0.3, 0.4) is 0 Å². The molecule has 0 aliphatic heterocycles. The molecule has 2 aliphatic rings. The van der Waals surface area contributed by atoms with E-state index in [2.05, 4.69) is 15.3 Å². The van der Waals surface area contributed by atoms with Crippen molar-refractivity contribution in [1.82, 2.24) is 14.8 Å². The summed E-state index contributed by atoms with van der Waals surface area (Å²) in [6.07, 6.45) is 4.23. The van der Waals surface area contributed by atoms with E-state index in [4.69, 9.17) is 9.47 Å². The molecule has 0 radical (unpaired) electrons. The first kappa shape index (κ1) is 45.3. The molecule has 0 spiro atoms. The number of alkyl halides is 6. The van der Waals surface area contributed by atoms with Crippen LogP contribution < -0.4 is 14.8 Å². The van der Waals surface area contributed by atoms with Gasteiger partial charge in [-0.15, -0.1) is 11.3 Å². The van der Waals surface area contributed by atoms with E-state index >= 15 is 0 Å². The Morgan fingerprint density at radius 3 is 1.73 bits per heavy atom. The lowest BCUT2D eigenvalue weighted by atomic mass is 9.96. The molecule has 2 N–H and O–H groups in total. The van der Waals surface area contributed by atoms with Gasteiger partial charge in [-0.3, -0.25) is 4.79 Å². The molecule has 7 aromatic rings. The van der Waals surface area contributed by atoms with E-state index in [0.717, 1.165) is 89.0 Å². The SMILES string of the molecule is CC.Cc1cn(F)c2ccc(OC3CCC3)cc12.FC(F)(F)c1ccccc1.FC(F)(F)c1ccccc1.O=C(Nc1c[nH]c2ccc(OC3CCC3)cc12)c1nccs1. The van der Waals surface area contributed by atoms with Gasteiger partial charge in [0.25, 0.3) is 5.91 Å². The summed E-state index contributed by atoms with van der Waals surface area (Å²) in [4.78, 5) is 20.0. The number of amides is 1. The number of nitrogens with zero attached hydrogens (tertiary/aromatic N) is 2. The Morgan fingerprint density at radius 1 is 0.767 bits per heavy atom. The highest BCUT2D eigenvalue weighted by Crippen LogP contribution is 2.33. The Balaban J connectivity index is 0.000000158. The van der Waals surface area contributed by atoms with E-state index in [0.29, 0.717) is 27.5 Å². The predicted octanol–water partition coefficient (Wildman–Crippen LogP) is 13.9. The first-order valence-corrected chi connectivity index (χ1v) is 20.3. The number of carbonyl (C=O) groups is 1. The number of fused-ring (bicyclic) bond motifs is 2. The van der Waals surface area contributed by atoms with Crippen molar-refractivity contribution in [2.45, 2.75) is 83.9 Å². The lowest BCUT2D eigenvalue weighted by Crippen LogP contribution is -2.24.